The van der Waals surface area contributed by atoms with Crippen LogP contribution in [0.5, 0.6) is 0 Å². The van der Waals surface area contributed by atoms with E-state index in [1.165, 1.54) is 0 Å². The van der Waals surface area contributed by atoms with E-state index in [2.05, 4.69) is 11.0 Å². The number of hydrogen-bond donors (Lipinski definition) is 1. The Morgan fingerprint density at radius 3 is 2.89 bits per heavy atom. The SMILES string of the molecule is COCCN(CCC#N)Cc1cc(Cl)ccc1N. The second kappa shape index (κ2) is 7.93. The van der Waals surface area contributed by atoms with Gasteiger partial charge in [0, 0.05) is 43.9 Å². The summed E-state index contributed by atoms with van der Waals surface area (Å²) in [5.74, 6) is 0. The zero-order valence-corrected chi connectivity index (χ0v) is 11.3. The maximum Gasteiger partial charge on any atom is 0.0635 e. The van der Waals surface area contributed by atoms with Gasteiger partial charge >= 0.3 is 0 Å². The molecule has 0 heterocycles. The summed E-state index contributed by atoms with van der Waals surface area (Å²) in [6, 6.07) is 7.59. The van der Waals surface area contributed by atoms with E-state index in [1.807, 2.05) is 6.07 Å². The summed E-state index contributed by atoms with van der Waals surface area (Å²) in [5.41, 5.74) is 7.62. The molecule has 0 aromatic heterocycles. The molecule has 0 amide bonds. The first kappa shape index (κ1) is 14.8. The van der Waals surface area contributed by atoms with E-state index >= 15 is 0 Å². The number of hydrogen-bond acceptors (Lipinski definition) is 4. The molecular formula is C13H18ClN3O. The van der Waals surface area contributed by atoms with E-state index in [1.54, 1.807) is 19.2 Å². The molecule has 1 aromatic rings. The second-order valence-electron chi connectivity index (χ2n) is 4.02. The van der Waals surface area contributed by atoms with Crippen molar-refractivity contribution in [3.05, 3.63) is 28.8 Å². The Morgan fingerprint density at radius 2 is 2.22 bits per heavy atom. The lowest BCUT2D eigenvalue weighted by atomic mass is 10.1. The minimum absolute atomic E-state index is 0.490. The van der Waals surface area contributed by atoms with Crippen LogP contribution in [0.15, 0.2) is 18.2 Å². The molecule has 0 unspecified atom stereocenters. The first-order chi connectivity index (χ1) is 8.67. The number of nitrogens with two attached hydrogens (primary N) is 1. The van der Waals surface area contributed by atoms with Crippen molar-refractivity contribution in [2.45, 2.75) is 13.0 Å². The number of nitrogens with zero attached hydrogens (tertiary/aromatic N) is 2. The number of rotatable bonds is 7. The molecule has 0 atom stereocenters. The third-order valence-corrected chi connectivity index (χ3v) is 2.89. The zero-order valence-electron chi connectivity index (χ0n) is 10.5. The van der Waals surface area contributed by atoms with Gasteiger partial charge in [0.1, 0.15) is 0 Å². The van der Waals surface area contributed by atoms with E-state index in [4.69, 9.17) is 27.3 Å². The van der Waals surface area contributed by atoms with Gasteiger partial charge < -0.3 is 10.5 Å². The van der Waals surface area contributed by atoms with Crippen molar-refractivity contribution < 1.29 is 4.74 Å². The standard InChI is InChI=1S/C13H18ClN3O/c1-18-8-7-17(6-2-5-15)10-11-9-12(14)3-4-13(11)16/h3-4,9H,2,6-8,10,16H2,1H3. The van der Waals surface area contributed by atoms with Gasteiger partial charge in [-0.25, -0.2) is 0 Å². The van der Waals surface area contributed by atoms with Crippen LogP contribution in [0.4, 0.5) is 5.69 Å². The van der Waals surface area contributed by atoms with Crippen LogP contribution in [-0.4, -0.2) is 31.7 Å². The Kier molecular flexibility index (Phi) is 6.51. The normalized spacial score (nSPS) is 10.6. The van der Waals surface area contributed by atoms with Crippen LogP contribution in [0.25, 0.3) is 0 Å². The lowest BCUT2D eigenvalue weighted by Gasteiger charge is -2.21. The molecule has 0 saturated carbocycles. The molecule has 0 spiro atoms. The van der Waals surface area contributed by atoms with Crippen LogP contribution >= 0.6 is 11.6 Å². The molecule has 98 valence electrons. The summed E-state index contributed by atoms with van der Waals surface area (Å²) in [6.45, 7) is 2.78. The molecule has 0 aliphatic carbocycles. The van der Waals surface area contributed by atoms with Gasteiger partial charge in [0.05, 0.1) is 12.7 Å². The van der Waals surface area contributed by atoms with E-state index in [0.717, 1.165) is 17.8 Å². The van der Waals surface area contributed by atoms with E-state index < -0.39 is 0 Å². The highest BCUT2D eigenvalue weighted by Gasteiger charge is 2.08. The molecular weight excluding hydrogens is 250 g/mol. The predicted octanol–water partition coefficient (Wildman–Crippen LogP) is 2.28. The largest absolute Gasteiger partial charge is 0.398 e. The molecule has 0 bridgehead atoms. The van der Waals surface area contributed by atoms with E-state index in [9.17, 15) is 0 Å². The second-order valence-corrected chi connectivity index (χ2v) is 4.46. The number of halogens is 1. The van der Waals surface area contributed by atoms with Gasteiger partial charge in [0.25, 0.3) is 0 Å². The van der Waals surface area contributed by atoms with Crippen LogP contribution in [0.2, 0.25) is 5.02 Å². The average molecular weight is 268 g/mol. The number of ether oxygens (including phenoxy) is 1. The minimum atomic E-state index is 0.490. The van der Waals surface area contributed by atoms with Crippen LogP contribution in [0.3, 0.4) is 0 Å². The van der Waals surface area contributed by atoms with Gasteiger partial charge in [0.2, 0.25) is 0 Å². The Hall–Kier alpha value is -1.28. The number of benzene rings is 1. The highest BCUT2D eigenvalue weighted by Crippen LogP contribution is 2.19. The third kappa shape index (κ3) is 4.92. The fourth-order valence-corrected chi connectivity index (χ4v) is 1.85. The Morgan fingerprint density at radius 1 is 1.44 bits per heavy atom. The van der Waals surface area contributed by atoms with Crippen molar-refractivity contribution in [3.63, 3.8) is 0 Å². The molecule has 0 aliphatic heterocycles. The Bertz CT molecular complexity index is 417. The van der Waals surface area contributed by atoms with Crippen molar-refractivity contribution in [1.29, 1.82) is 5.26 Å². The molecule has 1 aromatic carbocycles. The summed E-state index contributed by atoms with van der Waals surface area (Å²) in [6.07, 6.45) is 0.490. The summed E-state index contributed by atoms with van der Waals surface area (Å²) < 4.78 is 5.06. The van der Waals surface area contributed by atoms with Gasteiger partial charge in [0.15, 0.2) is 0 Å². The molecule has 0 saturated heterocycles. The quantitative estimate of drug-likeness (QED) is 0.770. The van der Waals surface area contributed by atoms with Crippen molar-refractivity contribution in [1.82, 2.24) is 4.90 Å². The topological polar surface area (TPSA) is 62.3 Å². The summed E-state index contributed by atoms with van der Waals surface area (Å²) in [4.78, 5) is 2.13. The number of anilines is 1. The maximum atomic E-state index is 8.65. The molecule has 2 N–H and O–H groups in total. The molecule has 18 heavy (non-hydrogen) atoms. The summed E-state index contributed by atoms with van der Waals surface area (Å²) >= 11 is 5.96. The first-order valence-electron chi connectivity index (χ1n) is 5.79. The Balaban J connectivity index is 2.68. The zero-order chi connectivity index (χ0) is 13.4. The van der Waals surface area contributed by atoms with Crippen LogP contribution < -0.4 is 5.73 Å². The van der Waals surface area contributed by atoms with Gasteiger partial charge in [-0.1, -0.05) is 11.6 Å². The molecule has 5 heteroatoms. The van der Waals surface area contributed by atoms with E-state index in [0.29, 0.717) is 31.1 Å². The smallest absolute Gasteiger partial charge is 0.0635 e. The van der Waals surface area contributed by atoms with Crippen molar-refractivity contribution in [2.75, 3.05) is 32.5 Å². The molecule has 4 nitrogen and oxygen atoms in total. The predicted molar refractivity (Wildman–Crippen MR) is 73.2 cm³/mol. The van der Waals surface area contributed by atoms with Crippen molar-refractivity contribution in [3.8, 4) is 6.07 Å². The van der Waals surface area contributed by atoms with E-state index in [-0.39, 0.29) is 0 Å². The van der Waals surface area contributed by atoms with Gasteiger partial charge in [-0.3, -0.25) is 4.90 Å². The van der Waals surface area contributed by atoms with Gasteiger partial charge in [-0.05, 0) is 23.8 Å². The number of methoxy groups -OCH3 is 1. The summed E-state index contributed by atoms with van der Waals surface area (Å²) in [7, 11) is 1.66. The first-order valence-corrected chi connectivity index (χ1v) is 6.17. The summed E-state index contributed by atoms with van der Waals surface area (Å²) in [5, 5.41) is 9.32. The van der Waals surface area contributed by atoms with Crippen molar-refractivity contribution in [2.24, 2.45) is 0 Å². The fourth-order valence-electron chi connectivity index (χ4n) is 1.65. The molecule has 0 radical (unpaired) electrons. The number of nitriles is 1. The molecule has 1 rings (SSSR count). The lowest BCUT2D eigenvalue weighted by Crippen LogP contribution is -2.28. The molecule has 0 aliphatic rings. The number of nitrogen functional groups attached to an aromatic ring is 1. The highest BCUT2D eigenvalue weighted by molar-refractivity contribution is 6.30. The van der Waals surface area contributed by atoms with Crippen molar-refractivity contribution >= 4 is 17.3 Å². The monoisotopic (exact) mass is 267 g/mol. The van der Waals surface area contributed by atoms with Crippen LogP contribution in [-0.2, 0) is 11.3 Å². The maximum absolute atomic E-state index is 8.65. The third-order valence-electron chi connectivity index (χ3n) is 2.65. The van der Waals surface area contributed by atoms with Gasteiger partial charge in [-0.2, -0.15) is 5.26 Å². The minimum Gasteiger partial charge on any atom is -0.398 e. The lowest BCUT2D eigenvalue weighted by molar-refractivity contribution is 0.145. The molecule has 0 fully saturated rings. The average Bonchev–Trinajstić information content (AvgIpc) is 2.37. The van der Waals surface area contributed by atoms with Crippen LogP contribution in [0.1, 0.15) is 12.0 Å². The highest BCUT2D eigenvalue weighted by atomic mass is 35.5. The van der Waals surface area contributed by atoms with Gasteiger partial charge in [-0.15, -0.1) is 0 Å². The van der Waals surface area contributed by atoms with Crippen LogP contribution in [0, 0.1) is 11.3 Å². The fraction of sp³-hybridized carbons (Fsp3) is 0.462. The Labute approximate surface area is 113 Å².